The fourth-order valence-electron chi connectivity index (χ4n) is 4.83. The van der Waals surface area contributed by atoms with E-state index in [1.165, 1.54) is 18.2 Å². The van der Waals surface area contributed by atoms with E-state index in [2.05, 4.69) is 4.98 Å². The van der Waals surface area contributed by atoms with Gasteiger partial charge in [-0.3, -0.25) is 9.59 Å². The number of nitrogens with zero attached hydrogens (tertiary/aromatic N) is 2. The van der Waals surface area contributed by atoms with Gasteiger partial charge in [0.05, 0.1) is 5.69 Å². The summed E-state index contributed by atoms with van der Waals surface area (Å²) in [6.07, 6.45) is 5.28. The minimum Gasteiger partial charge on any atom is -0.507 e. The van der Waals surface area contributed by atoms with Crippen LogP contribution < -0.4 is 5.56 Å². The Bertz CT molecular complexity index is 1010. The molecular formula is C21H23N3O4. The highest BCUT2D eigenvalue weighted by atomic mass is 16.3. The maximum Gasteiger partial charge on any atom is 0.261 e. The number of likely N-dealkylation sites (tertiary alicyclic amines) is 1. The summed E-state index contributed by atoms with van der Waals surface area (Å²) in [5.74, 6) is 0.321. The van der Waals surface area contributed by atoms with E-state index in [0.717, 1.165) is 49.2 Å². The summed E-state index contributed by atoms with van der Waals surface area (Å²) in [7, 11) is 0. The predicted octanol–water partition coefficient (Wildman–Crippen LogP) is 2.18. The van der Waals surface area contributed by atoms with Crippen molar-refractivity contribution in [1.29, 1.82) is 0 Å². The molecule has 1 saturated carbocycles. The fraction of sp³-hybridized carbons (Fsp3) is 0.476. The van der Waals surface area contributed by atoms with Gasteiger partial charge in [0, 0.05) is 30.0 Å². The van der Waals surface area contributed by atoms with Crippen molar-refractivity contribution in [2.45, 2.75) is 49.9 Å². The van der Waals surface area contributed by atoms with E-state index in [4.69, 9.17) is 4.98 Å². The standard InChI is InChI=1S/C21H23N3O4/c25-14-3-1-4-15(26)16(14)20(28)24-10-2-8-21(11-24)9-7-13-17(21)22-18(12-5-6-12)23-19(13)27/h1,3-4,12,25-26H,2,5-11H2,(H,22,23,27). The van der Waals surface area contributed by atoms with Gasteiger partial charge in [0.15, 0.2) is 0 Å². The van der Waals surface area contributed by atoms with E-state index in [-0.39, 0.29) is 33.9 Å². The molecule has 5 rings (SSSR count). The summed E-state index contributed by atoms with van der Waals surface area (Å²) in [5, 5.41) is 20.2. The van der Waals surface area contributed by atoms with E-state index in [1.807, 2.05) is 0 Å². The van der Waals surface area contributed by atoms with E-state index >= 15 is 0 Å². The summed E-state index contributed by atoms with van der Waals surface area (Å²) in [5.41, 5.74) is 1.20. The number of hydrogen-bond acceptors (Lipinski definition) is 5. The summed E-state index contributed by atoms with van der Waals surface area (Å²) in [6.45, 7) is 1.01. The van der Waals surface area contributed by atoms with Crippen LogP contribution in [0.4, 0.5) is 0 Å². The highest BCUT2D eigenvalue weighted by Gasteiger charge is 2.46. The molecule has 28 heavy (non-hydrogen) atoms. The molecule has 1 atom stereocenters. The van der Waals surface area contributed by atoms with Crippen molar-refractivity contribution < 1.29 is 15.0 Å². The molecule has 0 radical (unpaired) electrons. The second-order valence-corrected chi connectivity index (χ2v) is 8.33. The number of phenolic OH excluding ortho intramolecular Hbond substituents is 2. The lowest BCUT2D eigenvalue weighted by atomic mass is 9.77. The Hall–Kier alpha value is -2.83. The van der Waals surface area contributed by atoms with Gasteiger partial charge in [-0.15, -0.1) is 0 Å². The van der Waals surface area contributed by atoms with Crippen LogP contribution in [0, 0.1) is 0 Å². The zero-order chi connectivity index (χ0) is 19.5. The van der Waals surface area contributed by atoms with Crippen LogP contribution in [-0.2, 0) is 11.8 Å². The molecule has 1 aromatic heterocycles. The van der Waals surface area contributed by atoms with Crippen LogP contribution >= 0.6 is 0 Å². The van der Waals surface area contributed by atoms with Gasteiger partial charge in [0.1, 0.15) is 22.9 Å². The summed E-state index contributed by atoms with van der Waals surface area (Å²) in [4.78, 5) is 35.1. The molecule has 1 amide bonds. The Morgan fingerprint density at radius 1 is 1.21 bits per heavy atom. The molecule has 0 bridgehead atoms. The summed E-state index contributed by atoms with van der Waals surface area (Å²) >= 11 is 0. The Labute approximate surface area is 162 Å². The van der Waals surface area contributed by atoms with E-state index in [1.54, 1.807) is 4.90 Å². The number of hydrogen-bond donors (Lipinski definition) is 3. The Kier molecular flexibility index (Phi) is 3.76. The third-order valence-electron chi connectivity index (χ3n) is 6.45. The van der Waals surface area contributed by atoms with Crippen LogP contribution in [0.3, 0.4) is 0 Å². The maximum absolute atomic E-state index is 13.1. The number of rotatable bonds is 2. The quantitative estimate of drug-likeness (QED) is 0.739. The first-order chi connectivity index (χ1) is 13.5. The van der Waals surface area contributed by atoms with Gasteiger partial charge in [-0.2, -0.15) is 0 Å². The van der Waals surface area contributed by atoms with Crippen LogP contribution in [0.25, 0.3) is 0 Å². The number of piperidine rings is 1. The molecule has 1 aliphatic heterocycles. The van der Waals surface area contributed by atoms with Gasteiger partial charge in [-0.05, 0) is 50.7 Å². The number of amides is 1. The third kappa shape index (κ3) is 2.60. The van der Waals surface area contributed by atoms with Crippen LogP contribution in [0.2, 0.25) is 0 Å². The van der Waals surface area contributed by atoms with Crippen molar-refractivity contribution in [3.63, 3.8) is 0 Å². The minimum absolute atomic E-state index is 0.0365. The maximum atomic E-state index is 13.1. The average Bonchev–Trinajstić information content (AvgIpc) is 3.47. The van der Waals surface area contributed by atoms with E-state index in [0.29, 0.717) is 25.4 Å². The largest absolute Gasteiger partial charge is 0.507 e. The van der Waals surface area contributed by atoms with Gasteiger partial charge in [-0.1, -0.05) is 6.07 Å². The van der Waals surface area contributed by atoms with Crippen molar-refractivity contribution in [1.82, 2.24) is 14.9 Å². The molecule has 1 spiro atoms. The van der Waals surface area contributed by atoms with Crippen molar-refractivity contribution in [3.05, 3.63) is 51.2 Å². The third-order valence-corrected chi connectivity index (χ3v) is 6.45. The van der Waals surface area contributed by atoms with Gasteiger partial charge < -0.3 is 20.1 Å². The van der Waals surface area contributed by atoms with Gasteiger partial charge in [0.2, 0.25) is 0 Å². The Balaban J connectivity index is 1.51. The van der Waals surface area contributed by atoms with Gasteiger partial charge in [0.25, 0.3) is 11.5 Å². The van der Waals surface area contributed by atoms with Crippen molar-refractivity contribution in [3.8, 4) is 11.5 Å². The molecule has 3 aliphatic rings. The highest BCUT2D eigenvalue weighted by molar-refractivity contribution is 5.99. The number of aromatic nitrogens is 2. The number of phenols is 2. The number of nitrogens with one attached hydrogen (secondary N) is 1. The summed E-state index contributed by atoms with van der Waals surface area (Å²) in [6, 6.07) is 4.31. The molecule has 3 N–H and O–H groups in total. The van der Waals surface area contributed by atoms with Crippen LogP contribution in [0.15, 0.2) is 23.0 Å². The van der Waals surface area contributed by atoms with Gasteiger partial charge >= 0.3 is 0 Å². The first kappa shape index (κ1) is 17.3. The molecule has 2 heterocycles. The van der Waals surface area contributed by atoms with Crippen molar-refractivity contribution >= 4 is 5.91 Å². The smallest absolute Gasteiger partial charge is 0.261 e. The van der Waals surface area contributed by atoms with Gasteiger partial charge in [-0.25, -0.2) is 4.98 Å². The lowest BCUT2D eigenvalue weighted by molar-refractivity contribution is 0.0627. The molecule has 146 valence electrons. The fourth-order valence-corrected chi connectivity index (χ4v) is 4.83. The SMILES string of the molecule is O=C(c1c(O)cccc1O)N1CCCC2(CCc3c2nc(C2CC2)[nH]c3=O)C1. The topological polar surface area (TPSA) is 107 Å². The first-order valence-corrected chi connectivity index (χ1v) is 9.92. The van der Waals surface area contributed by atoms with Crippen molar-refractivity contribution in [2.75, 3.05) is 13.1 Å². The minimum atomic E-state index is -0.379. The predicted molar refractivity (Wildman–Crippen MR) is 102 cm³/mol. The highest BCUT2D eigenvalue weighted by Crippen LogP contribution is 2.45. The number of carbonyl (C=O) groups is 1. The van der Waals surface area contributed by atoms with Crippen LogP contribution in [0.5, 0.6) is 11.5 Å². The Morgan fingerprint density at radius 2 is 1.96 bits per heavy atom. The van der Waals surface area contributed by atoms with Crippen LogP contribution in [-0.4, -0.2) is 44.1 Å². The second-order valence-electron chi connectivity index (χ2n) is 8.33. The van der Waals surface area contributed by atoms with Crippen molar-refractivity contribution in [2.24, 2.45) is 0 Å². The molecule has 7 nitrogen and oxygen atoms in total. The number of carbonyl (C=O) groups excluding carboxylic acids is 1. The van der Waals surface area contributed by atoms with E-state index < -0.39 is 0 Å². The second kappa shape index (κ2) is 6.09. The average molecular weight is 381 g/mol. The number of H-pyrrole nitrogens is 1. The molecular weight excluding hydrogens is 358 g/mol. The zero-order valence-electron chi connectivity index (χ0n) is 15.6. The molecule has 2 fully saturated rings. The lowest BCUT2D eigenvalue weighted by Crippen LogP contribution is -2.48. The van der Waals surface area contributed by atoms with Crippen LogP contribution in [0.1, 0.15) is 65.5 Å². The molecule has 2 aliphatic carbocycles. The number of benzene rings is 1. The normalized spacial score (nSPS) is 23.8. The summed E-state index contributed by atoms with van der Waals surface area (Å²) < 4.78 is 0. The lowest BCUT2D eigenvalue weighted by Gasteiger charge is -2.40. The molecule has 1 unspecified atom stereocenters. The molecule has 1 aromatic carbocycles. The number of fused-ring (bicyclic) bond motifs is 2. The molecule has 2 aromatic rings. The zero-order valence-corrected chi connectivity index (χ0v) is 15.6. The monoisotopic (exact) mass is 381 g/mol. The van der Waals surface area contributed by atoms with E-state index in [9.17, 15) is 19.8 Å². The number of aromatic amines is 1. The first-order valence-electron chi connectivity index (χ1n) is 9.92. The molecule has 1 saturated heterocycles. The number of aromatic hydroxyl groups is 2. The Morgan fingerprint density at radius 3 is 2.68 bits per heavy atom. The molecule has 7 heteroatoms.